The zero-order valence-corrected chi connectivity index (χ0v) is 7.60. The van der Waals surface area contributed by atoms with Gasteiger partial charge in [-0.15, -0.1) is 6.42 Å². The highest BCUT2D eigenvalue weighted by atomic mass is 19.1. The predicted octanol–water partition coefficient (Wildman–Crippen LogP) is 1.92. The van der Waals surface area contributed by atoms with Crippen LogP contribution in [0, 0.1) is 18.2 Å². The van der Waals surface area contributed by atoms with Gasteiger partial charge in [0.15, 0.2) is 0 Å². The highest BCUT2D eigenvalue weighted by Crippen LogP contribution is 2.08. The molecule has 0 atom stereocenters. The molecule has 13 heavy (non-hydrogen) atoms. The summed E-state index contributed by atoms with van der Waals surface area (Å²) in [6.07, 6.45) is 5.14. The number of hydrogen-bond donors (Lipinski definition) is 1. The first-order valence-electron chi connectivity index (χ1n) is 4.23. The van der Waals surface area contributed by atoms with Gasteiger partial charge in [0.25, 0.3) is 0 Å². The first-order valence-corrected chi connectivity index (χ1v) is 4.23. The average Bonchev–Trinajstić information content (AvgIpc) is 2.16. The van der Waals surface area contributed by atoms with E-state index in [1.165, 1.54) is 6.07 Å². The number of benzene rings is 1. The molecule has 0 saturated heterocycles. The monoisotopic (exact) mass is 177 g/mol. The SMILES string of the molecule is C#Cc1cc(CNCC)ccc1F. The molecule has 0 aliphatic rings. The van der Waals surface area contributed by atoms with Crippen LogP contribution in [-0.4, -0.2) is 6.54 Å². The zero-order valence-electron chi connectivity index (χ0n) is 7.60. The fourth-order valence-electron chi connectivity index (χ4n) is 1.06. The Hall–Kier alpha value is -1.33. The second-order valence-corrected chi connectivity index (χ2v) is 2.74. The van der Waals surface area contributed by atoms with E-state index < -0.39 is 0 Å². The summed E-state index contributed by atoms with van der Waals surface area (Å²) in [5.41, 5.74) is 1.34. The standard InChI is InChI=1S/C11H12FN/c1-3-10-7-9(8-13-4-2)5-6-11(10)12/h1,5-7,13H,4,8H2,2H3. The molecular weight excluding hydrogens is 165 g/mol. The van der Waals surface area contributed by atoms with Gasteiger partial charge in [0.1, 0.15) is 5.82 Å². The van der Waals surface area contributed by atoms with Crippen LogP contribution in [0.3, 0.4) is 0 Å². The Labute approximate surface area is 78.0 Å². The van der Waals surface area contributed by atoms with Gasteiger partial charge in [0, 0.05) is 6.54 Å². The van der Waals surface area contributed by atoms with Crippen LogP contribution in [0.4, 0.5) is 4.39 Å². The Bertz CT molecular complexity index is 325. The molecule has 0 fully saturated rings. The Morgan fingerprint density at radius 1 is 1.54 bits per heavy atom. The molecule has 0 amide bonds. The summed E-state index contributed by atoms with van der Waals surface area (Å²) < 4.78 is 12.9. The van der Waals surface area contributed by atoms with E-state index in [4.69, 9.17) is 6.42 Å². The Morgan fingerprint density at radius 3 is 2.92 bits per heavy atom. The van der Waals surface area contributed by atoms with E-state index >= 15 is 0 Å². The minimum Gasteiger partial charge on any atom is -0.313 e. The fraction of sp³-hybridized carbons (Fsp3) is 0.273. The van der Waals surface area contributed by atoms with Crippen LogP contribution < -0.4 is 5.32 Å². The van der Waals surface area contributed by atoms with Crippen molar-refractivity contribution in [1.82, 2.24) is 5.32 Å². The van der Waals surface area contributed by atoms with Crippen molar-refractivity contribution < 1.29 is 4.39 Å². The lowest BCUT2D eigenvalue weighted by Crippen LogP contribution is -2.11. The molecule has 0 unspecified atom stereocenters. The van der Waals surface area contributed by atoms with Crippen LogP contribution in [0.2, 0.25) is 0 Å². The molecule has 0 radical (unpaired) electrons. The third-order valence-corrected chi connectivity index (χ3v) is 1.77. The summed E-state index contributed by atoms with van der Waals surface area (Å²) in [5.74, 6) is 1.98. The maximum absolute atomic E-state index is 12.9. The molecule has 1 aromatic carbocycles. The van der Waals surface area contributed by atoms with Gasteiger partial charge < -0.3 is 5.32 Å². The molecule has 1 rings (SSSR count). The maximum Gasteiger partial charge on any atom is 0.138 e. The Kier molecular flexibility index (Phi) is 3.48. The van der Waals surface area contributed by atoms with Crippen molar-refractivity contribution in [2.24, 2.45) is 0 Å². The number of rotatable bonds is 3. The predicted molar refractivity (Wildman–Crippen MR) is 51.7 cm³/mol. The molecule has 2 heteroatoms. The van der Waals surface area contributed by atoms with Crippen LogP contribution in [-0.2, 0) is 6.54 Å². The molecular formula is C11H12FN. The molecule has 1 aromatic rings. The van der Waals surface area contributed by atoms with Gasteiger partial charge in [0.2, 0.25) is 0 Å². The van der Waals surface area contributed by atoms with Crippen molar-refractivity contribution in [3.8, 4) is 12.3 Å². The Morgan fingerprint density at radius 2 is 2.31 bits per heavy atom. The molecule has 0 aliphatic heterocycles. The average molecular weight is 177 g/mol. The molecule has 0 saturated carbocycles. The van der Waals surface area contributed by atoms with Crippen molar-refractivity contribution in [2.45, 2.75) is 13.5 Å². The molecule has 0 bridgehead atoms. The highest BCUT2D eigenvalue weighted by Gasteiger charge is 1.99. The first-order chi connectivity index (χ1) is 6.27. The van der Waals surface area contributed by atoms with Gasteiger partial charge in [-0.25, -0.2) is 4.39 Å². The summed E-state index contributed by atoms with van der Waals surface area (Å²) in [6.45, 7) is 3.64. The van der Waals surface area contributed by atoms with Crippen molar-refractivity contribution in [2.75, 3.05) is 6.54 Å². The molecule has 0 heterocycles. The normalized spacial score (nSPS) is 9.62. The van der Waals surface area contributed by atoms with E-state index in [1.54, 1.807) is 12.1 Å². The lowest BCUT2D eigenvalue weighted by atomic mass is 10.1. The smallest absolute Gasteiger partial charge is 0.138 e. The Balaban J connectivity index is 2.82. The summed E-state index contributed by atoms with van der Waals surface area (Å²) in [7, 11) is 0. The van der Waals surface area contributed by atoms with Crippen LogP contribution in [0.25, 0.3) is 0 Å². The molecule has 0 aliphatic carbocycles. The van der Waals surface area contributed by atoms with Gasteiger partial charge in [-0.05, 0) is 24.2 Å². The number of hydrogen-bond acceptors (Lipinski definition) is 1. The largest absolute Gasteiger partial charge is 0.313 e. The van der Waals surface area contributed by atoms with E-state index in [0.717, 1.165) is 18.7 Å². The van der Waals surface area contributed by atoms with Gasteiger partial charge >= 0.3 is 0 Å². The highest BCUT2D eigenvalue weighted by molar-refractivity contribution is 5.36. The minimum absolute atomic E-state index is 0.329. The lowest BCUT2D eigenvalue weighted by molar-refractivity contribution is 0.622. The van der Waals surface area contributed by atoms with Crippen molar-refractivity contribution in [3.63, 3.8) is 0 Å². The second kappa shape index (κ2) is 4.64. The molecule has 68 valence electrons. The molecule has 1 N–H and O–H groups in total. The maximum atomic E-state index is 12.9. The second-order valence-electron chi connectivity index (χ2n) is 2.74. The first kappa shape index (κ1) is 9.76. The summed E-state index contributed by atoms with van der Waals surface area (Å²) in [4.78, 5) is 0. The number of nitrogens with one attached hydrogen (secondary N) is 1. The van der Waals surface area contributed by atoms with Gasteiger partial charge in [-0.3, -0.25) is 0 Å². The third kappa shape index (κ3) is 2.57. The number of halogens is 1. The van der Waals surface area contributed by atoms with E-state index in [0.29, 0.717) is 5.56 Å². The zero-order chi connectivity index (χ0) is 9.68. The quantitative estimate of drug-likeness (QED) is 0.695. The lowest BCUT2D eigenvalue weighted by Gasteiger charge is -2.02. The van der Waals surface area contributed by atoms with Crippen LogP contribution in [0.15, 0.2) is 18.2 Å². The summed E-state index contributed by atoms with van der Waals surface area (Å²) >= 11 is 0. The van der Waals surface area contributed by atoms with E-state index in [9.17, 15) is 4.39 Å². The topological polar surface area (TPSA) is 12.0 Å². The molecule has 0 spiro atoms. The van der Waals surface area contributed by atoms with Gasteiger partial charge in [-0.2, -0.15) is 0 Å². The summed E-state index contributed by atoms with van der Waals surface area (Å²) in [6, 6.07) is 4.83. The molecule has 0 aromatic heterocycles. The fourth-order valence-corrected chi connectivity index (χ4v) is 1.06. The van der Waals surface area contributed by atoms with Crippen LogP contribution in [0.1, 0.15) is 18.1 Å². The summed E-state index contributed by atoms with van der Waals surface area (Å²) in [5, 5.41) is 3.14. The van der Waals surface area contributed by atoms with E-state index in [2.05, 4.69) is 11.2 Å². The minimum atomic E-state index is -0.331. The van der Waals surface area contributed by atoms with Gasteiger partial charge in [0.05, 0.1) is 5.56 Å². The third-order valence-electron chi connectivity index (χ3n) is 1.77. The van der Waals surface area contributed by atoms with Crippen molar-refractivity contribution in [1.29, 1.82) is 0 Å². The molecule has 1 nitrogen and oxygen atoms in total. The van der Waals surface area contributed by atoms with Crippen LogP contribution in [0.5, 0.6) is 0 Å². The van der Waals surface area contributed by atoms with Crippen molar-refractivity contribution >= 4 is 0 Å². The van der Waals surface area contributed by atoms with Crippen LogP contribution >= 0.6 is 0 Å². The van der Waals surface area contributed by atoms with E-state index in [-0.39, 0.29) is 5.82 Å². The van der Waals surface area contributed by atoms with Crippen molar-refractivity contribution in [3.05, 3.63) is 35.1 Å². The van der Waals surface area contributed by atoms with Gasteiger partial charge in [-0.1, -0.05) is 18.9 Å². The number of terminal acetylenes is 1. The van der Waals surface area contributed by atoms with E-state index in [1.807, 2.05) is 6.92 Å².